The van der Waals surface area contributed by atoms with Crippen molar-refractivity contribution >= 4 is 5.91 Å². The van der Waals surface area contributed by atoms with Crippen LogP contribution in [0, 0.1) is 0 Å². The van der Waals surface area contributed by atoms with Crippen molar-refractivity contribution in [3.63, 3.8) is 0 Å². The van der Waals surface area contributed by atoms with Crippen molar-refractivity contribution in [3.8, 4) is 0 Å². The lowest BCUT2D eigenvalue weighted by atomic mass is 10.0. The smallest absolute Gasteiger partial charge is 0.236 e. The van der Waals surface area contributed by atoms with Crippen molar-refractivity contribution in [2.24, 2.45) is 0 Å². The van der Waals surface area contributed by atoms with Crippen LogP contribution in [0.5, 0.6) is 0 Å². The zero-order valence-electron chi connectivity index (χ0n) is 10.8. The highest BCUT2D eigenvalue weighted by atomic mass is 16.5. The molecule has 2 aliphatic heterocycles. The average molecular weight is 241 g/mol. The van der Waals surface area contributed by atoms with Gasteiger partial charge in [0.1, 0.15) is 0 Å². The molecule has 2 saturated heterocycles. The average Bonchev–Trinajstić information content (AvgIpc) is 2.27. The van der Waals surface area contributed by atoms with E-state index in [-0.39, 0.29) is 5.91 Å². The van der Waals surface area contributed by atoms with Gasteiger partial charge in [-0.3, -0.25) is 9.69 Å². The third-order valence-electron chi connectivity index (χ3n) is 3.92. The molecule has 1 N–H and O–H groups in total. The molecule has 5 nitrogen and oxygen atoms in total. The second-order valence-electron chi connectivity index (χ2n) is 5.00. The molecular weight excluding hydrogens is 218 g/mol. The molecule has 2 rings (SSSR count). The molecule has 2 fully saturated rings. The summed E-state index contributed by atoms with van der Waals surface area (Å²) in [6.07, 6.45) is 2.17. The minimum Gasteiger partial charge on any atom is -0.378 e. The fourth-order valence-corrected chi connectivity index (χ4v) is 2.54. The first-order chi connectivity index (χ1) is 8.22. The zero-order valence-corrected chi connectivity index (χ0v) is 10.8. The molecule has 2 aliphatic rings. The largest absolute Gasteiger partial charge is 0.378 e. The fourth-order valence-electron chi connectivity index (χ4n) is 2.54. The van der Waals surface area contributed by atoms with Crippen LogP contribution >= 0.6 is 0 Å². The van der Waals surface area contributed by atoms with Crippen molar-refractivity contribution in [1.82, 2.24) is 15.1 Å². The maximum absolute atomic E-state index is 11.7. The van der Waals surface area contributed by atoms with Crippen LogP contribution < -0.4 is 5.32 Å². The maximum Gasteiger partial charge on any atom is 0.236 e. The molecule has 17 heavy (non-hydrogen) atoms. The number of nitrogens with zero attached hydrogens (tertiary/aromatic N) is 2. The van der Waals surface area contributed by atoms with Crippen molar-refractivity contribution in [3.05, 3.63) is 0 Å². The molecule has 0 saturated carbocycles. The highest BCUT2D eigenvalue weighted by Gasteiger charge is 2.31. The highest BCUT2D eigenvalue weighted by Crippen LogP contribution is 2.20. The second kappa shape index (κ2) is 5.80. The van der Waals surface area contributed by atoms with Gasteiger partial charge in [-0.2, -0.15) is 0 Å². The summed E-state index contributed by atoms with van der Waals surface area (Å²) in [7, 11) is 4.00. The van der Waals surface area contributed by atoms with E-state index in [1.807, 2.05) is 11.9 Å². The molecule has 0 aromatic carbocycles. The Bertz CT molecular complexity index is 260. The lowest BCUT2D eigenvalue weighted by Crippen LogP contribution is -2.55. The molecule has 1 amide bonds. The number of piperidine rings is 1. The summed E-state index contributed by atoms with van der Waals surface area (Å²) in [4.78, 5) is 16.1. The van der Waals surface area contributed by atoms with Gasteiger partial charge in [-0.15, -0.1) is 0 Å². The minimum absolute atomic E-state index is 0.223. The number of likely N-dealkylation sites (tertiary alicyclic amines) is 1. The molecule has 5 heteroatoms. The molecule has 0 atom stereocenters. The summed E-state index contributed by atoms with van der Waals surface area (Å²) < 4.78 is 5.22. The van der Waals surface area contributed by atoms with Gasteiger partial charge in [0.15, 0.2) is 0 Å². The van der Waals surface area contributed by atoms with E-state index in [9.17, 15) is 4.79 Å². The summed E-state index contributed by atoms with van der Waals surface area (Å²) in [5.41, 5.74) is 0. The molecule has 98 valence electrons. The Morgan fingerprint density at radius 2 is 2.00 bits per heavy atom. The van der Waals surface area contributed by atoms with Gasteiger partial charge in [0.25, 0.3) is 0 Å². The summed E-state index contributed by atoms with van der Waals surface area (Å²) in [5, 5.41) is 2.92. The lowest BCUT2D eigenvalue weighted by molar-refractivity contribution is -0.132. The fraction of sp³-hybridized carbons (Fsp3) is 0.917. The summed E-state index contributed by atoms with van der Waals surface area (Å²) in [6.45, 7) is 3.98. The Balaban J connectivity index is 1.75. The van der Waals surface area contributed by atoms with Gasteiger partial charge in [0.05, 0.1) is 25.8 Å². The van der Waals surface area contributed by atoms with E-state index < -0.39 is 0 Å². The molecule has 0 aromatic heterocycles. The first kappa shape index (κ1) is 12.8. The van der Waals surface area contributed by atoms with E-state index in [2.05, 4.69) is 17.3 Å². The summed E-state index contributed by atoms with van der Waals surface area (Å²) >= 11 is 0. The molecule has 0 unspecified atom stereocenters. The van der Waals surface area contributed by atoms with Gasteiger partial charge in [-0.05, 0) is 26.9 Å². The van der Waals surface area contributed by atoms with Crippen LogP contribution in [0.3, 0.4) is 0 Å². The third kappa shape index (κ3) is 2.97. The maximum atomic E-state index is 11.7. The number of nitrogens with one attached hydrogen (secondary N) is 1. The number of carbonyl (C=O) groups excluding carboxylic acids is 1. The number of amides is 1. The number of hydrogen-bond acceptors (Lipinski definition) is 4. The number of likely N-dealkylation sites (N-methyl/N-ethyl adjacent to an activating group) is 2. The lowest BCUT2D eigenvalue weighted by Gasteiger charge is -2.43. The molecule has 0 aromatic rings. The molecule has 0 spiro atoms. The summed E-state index contributed by atoms with van der Waals surface area (Å²) in [5.74, 6) is 0.223. The Hall–Kier alpha value is -0.650. The third-order valence-corrected chi connectivity index (χ3v) is 3.92. The van der Waals surface area contributed by atoms with E-state index >= 15 is 0 Å². The van der Waals surface area contributed by atoms with E-state index in [0.29, 0.717) is 18.6 Å². The van der Waals surface area contributed by atoms with Crippen molar-refractivity contribution in [2.75, 3.05) is 46.9 Å². The topological polar surface area (TPSA) is 44.8 Å². The van der Waals surface area contributed by atoms with Crippen LogP contribution in [-0.2, 0) is 9.53 Å². The van der Waals surface area contributed by atoms with Gasteiger partial charge >= 0.3 is 0 Å². The van der Waals surface area contributed by atoms with Gasteiger partial charge in [-0.1, -0.05) is 0 Å². The van der Waals surface area contributed by atoms with Crippen molar-refractivity contribution in [2.45, 2.75) is 24.9 Å². The number of hydrogen-bond donors (Lipinski definition) is 1. The Labute approximate surface area is 103 Å². The van der Waals surface area contributed by atoms with Crippen molar-refractivity contribution < 1.29 is 9.53 Å². The van der Waals surface area contributed by atoms with Gasteiger partial charge in [0.2, 0.25) is 5.91 Å². The molecule has 0 bridgehead atoms. The van der Waals surface area contributed by atoms with Gasteiger partial charge in [-0.25, -0.2) is 0 Å². The van der Waals surface area contributed by atoms with Crippen LogP contribution in [-0.4, -0.2) is 74.7 Å². The molecule has 0 radical (unpaired) electrons. The number of carbonyl (C=O) groups is 1. The van der Waals surface area contributed by atoms with Crippen molar-refractivity contribution in [1.29, 1.82) is 0 Å². The quantitative estimate of drug-likeness (QED) is 0.722. The Morgan fingerprint density at radius 3 is 2.47 bits per heavy atom. The van der Waals surface area contributed by atoms with Crippen LogP contribution in [0.15, 0.2) is 0 Å². The monoisotopic (exact) mass is 241 g/mol. The Morgan fingerprint density at radius 1 is 1.35 bits per heavy atom. The molecular formula is C12H23N3O2. The van der Waals surface area contributed by atoms with E-state index in [1.165, 1.54) is 0 Å². The normalized spacial score (nSPS) is 22.9. The first-order valence-electron chi connectivity index (χ1n) is 6.44. The molecule has 0 aliphatic carbocycles. The van der Waals surface area contributed by atoms with Gasteiger partial charge < -0.3 is 15.0 Å². The van der Waals surface area contributed by atoms with E-state index in [0.717, 1.165) is 39.1 Å². The van der Waals surface area contributed by atoms with Crippen LogP contribution in [0.4, 0.5) is 0 Å². The Kier molecular flexibility index (Phi) is 4.36. The summed E-state index contributed by atoms with van der Waals surface area (Å²) in [6, 6.07) is 1.21. The zero-order chi connectivity index (χ0) is 12.3. The highest BCUT2D eigenvalue weighted by molar-refractivity contribution is 5.78. The standard InChI is InChI=1S/C12H23N3O2/c1-13-7-12(16)15-5-3-10(4-6-15)14(2)11-8-17-9-11/h10-11,13H,3-9H2,1-2H3. The van der Waals surface area contributed by atoms with Gasteiger partial charge in [0, 0.05) is 19.1 Å². The first-order valence-corrected chi connectivity index (χ1v) is 6.44. The van der Waals surface area contributed by atoms with E-state index in [1.54, 1.807) is 0 Å². The predicted molar refractivity (Wildman–Crippen MR) is 65.9 cm³/mol. The van der Waals surface area contributed by atoms with Crippen LogP contribution in [0.2, 0.25) is 0 Å². The number of rotatable bonds is 4. The SMILES string of the molecule is CNCC(=O)N1CCC(N(C)C2COC2)CC1. The second-order valence-corrected chi connectivity index (χ2v) is 5.00. The predicted octanol–water partition coefficient (Wildman–Crippen LogP) is -0.473. The number of ether oxygens (including phenoxy) is 1. The van der Waals surface area contributed by atoms with Crippen LogP contribution in [0.1, 0.15) is 12.8 Å². The minimum atomic E-state index is 0.223. The van der Waals surface area contributed by atoms with Crippen LogP contribution in [0.25, 0.3) is 0 Å². The molecule has 2 heterocycles. The van der Waals surface area contributed by atoms with E-state index in [4.69, 9.17) is 4.74 Å².